The second-order valence-electron chi connectivity index (χ2n) is 3.97. The first-order valence-corrected chi connectivity index (χ1v) is 6.40. The lowest BCUT2D eigenvalue weighted by Gasteiger charge is -2.01. The van der Waals surface area contributed by atoms with Crippen LogP contribution in [-0.4, -0.2) is 7.11 Å². The van der Waals surface area contributed by atoms with Gasteiger partial charge in [-0.15, -0.1) is 0 Å². The Kier molecular flexibility index (Phi) is 2.84. The molecule has 2 nitrogen and oxygen atoms in total. The molecule has 90 valence electrons. The van der Waals surface area contributed by atoms with Crippen molar-refractivity contribution in [3.05, 3.63) is 53.0 Å². The molecule has 0 amide bonds. The smallest absolute Gasteiger partial charge is 0.149 e. The van der Waals surface area contributed by atoms with Crippen molar-refractivity contribution in [2.45, 2.75) is 0 Å². The average Bonchev–Trinajstić information content (AvgIpc) is 2.77. The van der Waals surface area contributed by atoms with E-state index in [-0.39, 0.29) is 0 Å². The lowest BCUT2D eigenvalue weighted by atomic mass is 10.1. The highest BCUT2D eigenvalue weighted by Gasteiger charge is 2.12. The Morgan fingerprint density at radius 3 is 2.39 bits per heavy atom. The topological polar surface area (TPSA) is 22.4 Å². The molecule has 0 unspecified atom stereocenters. The summed E-state index contributed by atoms with van der Waals surface area (Å²) in [7, 11) is 1.66. The fraction of sp³-hybridized carbons (Fsp3) is 0.0667. The molecule has 2 aromatic carbocycles. The second kappa shape index (κ2) is 4.50. The minimum absolute atomic E-state index is 0.839. The molecule has 3 aromatic rings. The molecule has 0 N–H and O–H groups in total. The van der Waals surface area contributed by atoms with Crippen molar-refractivity contribution in [3.63, 3.8) is 0 Å². The van der Waals surface area contributed by atoms with Crippen LogP contribution >= 0.6 is 15.9 Å². The van der Waals surface area contributed by atoms with E-state index in [9.17, 15) is 0 Å². The van der Waals surface area contributed by atoms with E-state index in [2.05, 4.69) is 15.9 Å². The first-order valence-electron chi connectivity index (χ1n) is 5.61. The third-order valence-electron chi connectivity index (χ3n) is 2.89. The van der Waals surface area contributed by atoms with Gasteiger partial charge >= 0.3 is 0 Å². The Hall–Kier alpha value is -1.74. The molecule has 1 heterocycles. The van der Waals surface area contributed by atoms with Gasteiger partial charge in [-0.2, -0.15) is 0 Å². The third-order valence-corrected chi connectivity index (χ3v) is 3.67. The van der Waals surface area contributed by atoms with E-state index in [4.69, 9.17) is 9.15 Å². The van der Waals surface area contributed by atoms with E-state index in [1.807, 2.05) is 48.5 Å². The van der Waals surface area contributed by atoms with Gasteiger partial charge < -0.3 is 9.15 Å². The minimum Gasteiger partial charge on any atom is -0.497 e. The molecule has 0 atom stereocenters. The molecule has 0 saturated carbocycles. The summed E-state index contributed by atoms with van der Waals surface area (Å²) in [5, 5.41) is 1.09. The summed E-state index contributed by atoms with van der Waals surface area (Å²) >= 11 is 3.60. The third kappa shape index (κ3) is 1.81. The van der Waals surface area contributed by atoms with Crippen LogP contribution in [-0.2, 0) is 0 Å². The molecule has 3 rings (SSSR count). The van der Waals surface area contributed by atoms with Crippen molar-refractivity contribution in [1.29, 1.82) is 0 Å². The highest BCUT2D eigenvalue weighted by atomic mass is 79.9. The van der Waals surface area contributed by atoms with E-state index in [0.29, 0.717) is 0 Å². The van der Waals surface area contributed by atoms with Gasteiger partial charge in [-0.3, -0.25) is 0 Å². The first kappa shape index (κ1) is 11.4. The minimum atomic E-state index is 0.839. The molecule has 0 radical (unpaired) electrons. The van der Waals surface area contributed by atoms with Crippen LogP contribution in [0.4, 0.5) is 0 Å². The van der Waals surface area contributed by atoms with Crippen LogP contribution in [0.1, 0.15) is 0 Å². The molecule has 0 aliphatic carbocycles. The maximum atomic E-state index is 5.87. The predicted molar refractivity (Wildman–Crippen MR) is 75.9 cm³/mol. The summed E-state index contributed by atoms with van der Waals surface area (Å²) in [6.07, 6.45) is 0. The van der Waals surface area contributed by atoms with Gasteiger partial charge in [0, 0.05) is 10.9 Å². The van der Waals surface area contributed by atoms with Crippen molar-refractivity contribution >= 4 is 26.9 Å². The van der Waals surface area contributed by atoms with Crippen molar-refractivity contribution in [3.8, 4) is 17.1 Å². The molecule has 0 aliphatic rings. The molecule has 0 spiro atoms. The lowest BCUT2D eigenvalue weighted by molar-refractivity contribution is 0.415. The van der Waals surface area contributed by atoms with Gasteiger partial charge in [0.1, 0.15) is 17.1 Å². The second-order valence-corrected chi connectivity index (χ2v) is 4.76. The lowest BCUT2D eigenvalue weighted by Crippen LogP contribution is -1.81. The Labute approximate surface area is 113 Å². The fourth-order valence-electron chi connectivity index (χ4n) is 1.94. The summed E-state index contributed by atoms with van der Waals surface area (Å²) in [6, 6.07) is 15.8. The SMILES string of the molecule is COc1ccc(-c2oc3ccccc3c2Br)cc1. The van der Waals surface area contributed by atoms with Gasteiger partial charge in [0.15, 0.2) is 0 Å². The number of rotatable bonds is 2. The number of hydrogen-bond acceptors (Lipinski definition) is 2. The molecule has 0 bridgehead atoms. The molecule has 0 fully saturated rings. The molecule has 3 heteroatoms. The quantitative estimate of drug-likeness (QED) is 0.674. The molecule has 0 aliphatic heterocycles. The van der Waals surface area contributed by atoms with Gasteiger partial charge in [0.05, 0.1) is 11.6 Å². The fourth-order valence-corrected chi connectivity index (χ4v) is 2.58. The molecular formula is C15H11BrO2. The number of para-hydroxylation sites is 1. The Morgan fingerprint density at radius 1 is 1.00 bits per heavy atom. The summed E-state index contributed by atoms with van der Waals surface area (Å²) in [5.41, 5.74) is 1.91. The van der Waals surface area contributed by atoms with E-state index >= 15 is 0 Å². The van der Waals surface area contributed by atoms with Gasteiger partial charge in [-0.05, 0) is 52.3 Å². The maximum Gasteiger partial charge on any atom is 0.149 e. The van der Waals surface area contributed by atoms with Crippen LogP contribution in [0, 0.1) is 0 Å². The molecule has 1 aromatic heterocycles. The summed E-state index contributed by atoms with van der Waals surface area (Å²) in [5.74, 6) is 1.69. The van der Waals surface area contributed by atoms with E-state index < -0.39 is 0 Å². The average molecular weight is 303 g/mol. The van der Waals surface area contributed by atoms with Crippen molar-refractivity contribution < 1.29 is 9.15 Å². The van der Waals surface area contributed by atoms with Gasteiger partial charge in [0.2, 0.25) is 0 Å². The predicted octanol–water partition coefficient (Wildman–Crippen LogP) is 4.87. The number of fused-ring (bicyclic) bond motifs is 1. The van der Waals surface area contributed by atoms with E-state index in [1.54, 1.807) is 7.11 Å². The zero-order valence-corrected chi connectivity index (χ0v) is 11.4. The summed E-state index contributed by atoms with van der Waals surface area (Å²) in [4.78, 5) is 0. The Balaban J connectivity index is 2.15. The van der Waals surface area contributed by atoms with Crippen molar-refractivity contribution in [2.75, 3.05) is 7.11 Å². The molecule has 0 saturated heterocycles. The van der Waals surface area contributed by atoms with Crippen LogP contribution in [0.15, 0.2) is 57.4 Å². The number of halogens is 1. The number of ether oxygens (including phenoxy) is 1. The zero-order valence-electron chi connectivity index (χ0n) is 9.81. The van der Waals surface area contributed by atoms with Crippen LogP contribution in [0.3, 0.4) is 0 Å². The normalized spacial score (nSPS) is 10.8. The van der Waals surface area contributed by atoms with E-state index in [1.165, 1.54) is 0 Å². The Morgan fingerprint density at radius 2 is 1.72 bits per heavy atom. The molecular weight excluding hydrogens is 292 g/mol. The van der Waals surface area contributed by atoms with Crippen LogP contribution in [0.25, 0.3) is 22.3 Å². The van der Waals surface area contributed by atoms with Crippen LogP contribution in [0.2, 0.25) is 0 Å². The highest BCUT2D eigenvalue weighted by Crippen LogP contribution is 2.37. The first-order chi connectivity index (χ1) is 8.79. The highest BCUT2D eigenvalue weighted by molar-refractivity contribution is 9.10. The van der Waals surface area contributed by atoms with E-state index in [0.717, 1.165) is 32.5 Å². The van der Waals surface area contributed by atoms with Crippen molar-refractivity contribution in [1.82, 2.24) is 0 Å². The zero-order chi connectivity index (χ0) is 12.5. The standard InChI is InChI=1S/C15H11BrO2/c1-17-11-8-6-10(7-9-11)15-14(16)12-4-2-3-5-13(12)18-15/h2-9H,1H3. The number of hydrogen-bond donors (Lipinski definition) is 0. The maximum absolute atomic E-state index is 5.87. The number of benzene rings is 2. The monoisotopic (exact) mass is 302 g/mol. The van der Waals surface area contributed by atoms with Crippen LogP contribution in [0.5, 0.6) is 5.75 Å². The number of methoxy groups -OCH3 is 1. The van der Waals surface area contributed by atoms with Gasteiger partial charge in [0.25, 0.3) is 0 Å². The van der Waals surface area contributed by atoms with Gasteiger partial charge in [-0.1, -0.05) is 12.1 Å². The Bertz CT molecular complexity index is 683. The number of furan rings is 1. The summed E-state index contributed by atoms with van der Waals surface area (Å²) < 4.78 is 12.0. The van der Waals surface area contributed by atoms with Crippen molar-refractivity contribution in [2.24, 2.45) is 0 Å². The van der Waals surface area contributed by atoms with Crippen LogP contribution < -0.4 is 4.74 Å². The van der Waals surface area contributed by atoms with Gasteiger partial charge in [-0.25, -0.2) is 0 Å². The largest absolute Gasteiger partial charge is 0.497 e. The summed E-state index contributed by atoms with van der Waals surface area (Å²) in [6.45, 7) is 0. The molecule has 18 heavy (non-hydrogen) atoms.